The van der Waals surface area contributed by atoms with Gasteiger partial charge in [-0.2, -0.15) is 0 Å². The zero-order chi connectivity index (χ0) is 29.8. The van der Waals surface area contributed by atoms with Crippen LogP contribution < -0.4 is 5.32 Å². The number of aromatic amines is 1. The summed E-state index contributed by atoms with van der Waals surface area (Å²) in [5.41, 5.74) is 3.01. The SMILES string of the molecule is Cc1[nH]c2ccccc2c1C(=O)Nc1cc(Cl)c(CC(=O)COC(O[C@H]2CC[C@H](C(=O)O)CC2)N2CCCC2)cc1Cl. The number of anilines is 1. The number of halogens is 2. The highest BCUT2D eigenvalue weighted by Gasteiger charge is 2.31. The normalized spacial score (nSPS) is 20.1. The van der Waals surface area contributed by atoms with Crippen LogP contribution in [0.4, 0.5) is 5.69 Å². The Morgan fingerprint density at radius 3 is 2.50 bits per heavy atom. The van der Waals surface area contributed by atoms with Crippen LogP contribution in [0.2, 0.25) is 10.0 Å². The van der Waals surface area contributed by atoms with E-state index in [2.05, 4.69) is 15.2 Å². The van der Waals surface area contributed by atoms with E-state index < -0.39 is 12.4 Å². The van der Waals surface area contributed by atoms with E-state index in [-0.39, 0.29) is 41.8 Å². The molecule has 0 spiro atoms. The molecule has 1 amide bonds. The third-order valence-electron chi connectivity index (χ3n) is 8.05. The number of ketones is 1. The number of nitrogens with zero attached hydrogens (tertiary/aromatic N) is 1. The van der Waals surface area contributed by atoms with Crippen molar-refractivity contribution in [2.75, 3.05) is 25.0 Å². The molecule has 3 N–H and O–H groups in total. The zero-order valence-corrected chi connectivity index (χ0v) is 25.0. The lowest BCUT2D eigenvalue weighted by Crippen LogP contribution is -2.42. The number of aromatic nitrogens is 1. The Morgan fingerprint density at radius 1 is 1.07 bits per heavy atom. The van der Waals surface area contributed by atoms with Crippen LogP contribution in [0.1, 0.15) is 60.1 Å². The first-order valence-electron chi connectivity index (χ1n) is 14.3. The number of amides is 1. The lowest BCUT2D eigenvalue weighted by atomic mass is 9.87. The highest BCUT2D eigenvalue weighted by molar-refractivity contribution is 6.36. The van der Waals surface area contributed by atoms with E-state index in [1.54, 1.807) is 12.1 Å². The molecular weight excluding hydrogens is 581 g/mol. The number of benzene rings is 2. The minimum absolute atomic E-state index is 0.00474. The van der Waals surface area contributed by atoms with Crippen LogP contribution in [0.5, 0.6) is 0 Å². The van der Waals surface area contributed by atoms with Crippen LogP contribution in [-0.4, -0.2) is 64.9 Å². The van der Waals surface area contributed by atoms with Gasteiger partial charge in [-0.1, -0.05) is 41.4 Å². The molecule has 1 saturated carbocycles. The molecule has 2 heterocycles. The molecule has 11 heteroatoms. The molecule has 2 fully saturated rings. The number of Topliss-reactive ketones (excluding diaryl/α,β-unsaturated/α-hetero) is 1. The molecule has 0 bridgehead atoms. The van der Waals surface area contributed by atoms with Gasteiger partial charge in [-0.15, -0.1) is 0 Å². The van der Waals surface area contributed by atoms with Gasteiger partial charge in [0.1, 0.15) is 6.61 Å². The summed E-state index contributed by atoms with van der Waals surface area (Å²) in [6, 6.07) is 10.7. The minimum Gasteiger partial charge on any atom is -0.481 e. The second-order valence-corrected chi connectivity index (χ2v) is 11.9. The molecule has 42 heavy (non-hydrogen) atoms. The Bertz CT molecular complexity index is 1460. The number of carbonyl (C=O) groups excluding carboxylic acids is 2. The number of carboxylic acids is 1. The molecule has 2 aromatic carbocycles. The van der Waals surface area contributed by atoms with Crippen LogP contribution in [0, 0.1) is 12.8 Å². The topological polar surface area (TPSA) is 121 Å². The van der Waals surface area contributed by atoms with E-state index in [9.17, 15) is 19.5 Å². The Morgan fingerprint density at radius 2 is 1.79 bits per heavy atom. The van der Waals surface area contributed by atoms with Crippen molar-refractivity contribution in [2.45, 2.75) is 64.4 Å². The molecule has 5 rings (SSSR count). The van der Waals surface area contributed by atoms with Gasteiger partial charge in [0.15, 0.2) is 5.78 Å². The quantitative estimate of drug-likeness (QED) is 0.219. The summed E-state index contributed by atoms with van der Waals surface area (Å²) >= 11 is 13.0. The number of hydrogen-bond donors (Lipinski definition) is 3. The van der Waals surface area contributed by atoms with Gasteiger partial charge >= 0.3 is 5.97 Å². The number of carbonyl (C=O) groups is 3. The first-order valence-corrected chi connectivity index (χ1v) is 15.1. The first kappa shape index (κ1) is 30.5. The Kier molecular flexibility index (Phi) is 9.85. The van der Waals surface area contributed by atoms with Gasteiger partial charge < -0.3 is 24.9 Å². The van der Waals surface area contributed by atoms with Crippen LogP contribution in [-0.2, 0) is 25.5 Å². The van der Waals surface area contributed by atoms with E-state index in [1.165, 1.54) is 0 Å². The van der Waals surface area contributed by atoms with Gasteiger partial charge in [-0.25, -0.2) is 0 Å². The van der Waals surface area contributed by atoms with E-state index in [0.717, 1.165) is 42.5 Å². The number of carboxylic acid groups (broad SMARTS) is 1. The number of ether oxygens (including phenoxy) is 2. The van der Waals surface area contributed by atoms with Gasteiger partial charge in [0.05, 0.1) is 28.3 Å². The second-order valence-electron chi connectivity index (χ2n) is 11.1. The maximum atomic E-state index is 13.1. The summed E-state index contributed by atoms with van der Waals surface area (Å²) in [4.78, 5) is 42.7. The fourth-order valence-electron chi connectivity index (χ4n) is 5.79. The first-order chi connectivity index (χ1) is 20.2. The molecule has 1 aromatic heterocycles. The number of likely N-dealkylation sites (tertiary alicyclic amines) is 1. The predicted molar refractivity (Wildman–Crippen MR) is 161 cm³/mol. The largest absolute Gasteiger partial charge is 0.481 e. The molecule has 1 unspecified atom stereocenters. The molecule has 1 atom stereocenters. The molecule has 3 aromatic rings. The molecule has 0 radical (unpaired) electrons. The molecule has 1 aliphatic carbocycles. The lowest BCUT2D eigenvalue weighted by Gasteiger charge is -2.33. The number of hydrogen-bond acceptors (Lipinski definition) is 6. The number of aliphatic carboxylic acids is 1. The van der Waals surface area contributed by atoms with Crippen molar-refractivity contribution >= 4 is 57.5 Å². The summed E-state index contributed by atoms with van der Waals surface area (Å²) in [6.07, 6.45) is 3.73. The van der Waals surface area contributed by atoms with Crippen LogP contribution in [0.15, 0.2) is 36.4 Å². The number of fused-ring (bicyclic) bond motifs is 1. The number of nitrogens with one attached hydrogen (secondary N) is 2. The Balaban J connectivity index is 1.19. The van der Waals surface area contributed by atoms with Gasteiger partial charge in [-0.3, -0.25) is 19.3 Å². The third-order valence-corrected chi connectivity index (χ3v) is 8.72. The molecule has 224 valence electrons. The van der Waals surface area contributed by atoms with Crippen molar-refractivity contribution in [1.29, 1.82) is 0 Å². The minimum atomic E-state index is -0.759. The summed E-state index contributed by atoms with van der Waals surface area (Å²) in [5.74, 6) is -1.59. The van der Waals surface area contributed by atoms with Gasteiger partial charge in [0.25, 0.3) is 5.91 Å². The van der Waals surface area contributed by atoms with Crippen LogP contribution >= 0.6 is 23.2 Å². The third kappa shape index (κ3) is 7.15. The van der Waals surface area contributed by atoms with Gasteiger partial charge in [0, 0.05) is 41.1 Å². The average Bonchev–Trinajstić information content (AvgIpc) is 3.61. The van der Waals surface area contributed by atoms with Crippen molar-refractivity contribution in [3.8, 4) is 0 Å². The highest BCUT2D eigenvalue weighted by atomic mass is 35.5. The number of rotatable bonds is 11. The van der Waals surface area contributed by atoms with Crippen molar-refractivity contribution in [3.63, 3.8) is 0 Å². The monoisotopic (exact) mass is 615 g/mol. The molecule has 1 aliphatic heterocycles. The fourth-order valence-corrected chi connectivity index (χ4v) is 6.26. The van der Waals surface area contributed by atoms with Gasteiger partial charge in [0.2, 0.25) is 6.41 Å². The van der Waals surface area contributed by atoms with E-state index >= 15 is 0 Å². The van der Waals surface area contributed by atoms with Crippen molar-refractivity contribution in [1.82, 2.24) is 9.88 Å². The zero-order valence-electron chi connectivity index (χ0n) is 23.5. The summed E-state index contributed by atoms with van der Waals surface area (Å²) in [6.45, 7) is 3.30. The maximum absolute atomic E-state index is 13.1. The average molecular weight is 617 g/mol. The smallest absolute Gasteiger partial charge is 0.306 e. The maximum Gasteiger partial charge on any atom is 0.306 e. The van der Waals surface area contributed by atoms with E-state index in [0.29, 0.717) is 47.5 Å². The Labute approximate surface area is 254 Å². The highest BCUT2D eigenvalue weighted by Crippen LogP contribution is 2.32. The van der Waals surface area contributed by atoms with E-state index in [1.807, 2.05) is 31.2 Å². The van der Waals surface area contributed by atoms with Crippen molar-refractivity contribution in [3.05, 3.63) is 63.3 Å². The number of para-hydroxylation sites is 1. The lowest BCUT2D eigenvalue weighted by molar-refractivity contribution is -0.243. The summed E-state index contributed by atoms with van der Waals surface area (Å²) in [5, 5.41) is 13.5. The number of H-pyrrole nitrogens is 1. The molecular formula is C31H35Cl2N3O6. The summed E-state index contributed by atoms with van der Waals surface area (Å²) in [7, 11) is 0. The standard InChI is InChI=1S/C31H35Cl2N3O6/c1-18-28(23-6-2-3-7-26(23)34-18)29(38)35-27-16-24(32)20(15-25(27)33)14-21(37)17-41-31(36-12-4-5-13-36)42-22-10-8-19(9-11-22)30(39)40/h2-3,6-7,15-16,19,22,31,34H,4-5,8-14,17H2,1H3,(H,35,38)(H,39,40)/t19-,22-,31?. The molecule has 1 saturated heterocycles. The predicted octanol–water partition coefficient (Wildman–Crippen LogP) is 6.20. The second kappa shape index (κ2) is 13.6. The molecule has 9 nitrogen and oxygen atoms in total. The van der Waals surface area contributed by atoms with Crippen molar-refractivity contribution < 1.29 is 29.0 Å². The van der Waals surface area contributed by atoms with Gasteiger partial charge in [-0.05, 0) is 69.2 Å². The Hall–Kier alpha value is -2.95. The van der Waals surface area contributed by atoms with Crippen LogP contribution in [0.25, 0.3) is 10.9 Å². The fraction of sp³-hybridized carbons (Fsp3) is 0.452. The summed E-state index contributed by atoms with van der Waals surface area (Å²) < 4.78 is 12.2. The van der Waals surface area contributed by atoms with Crippen molar-refractivity contribution in [2.24, 2.45) is 5.92 Å². The van der Waals surface area contributed by atoms with Crippen LogP contribution in [0.3, 0.4) is 0 Å². The number of aryl methyl sites for hydroxylation is 1. The molecule has 2 aliphatic rings. The van der Waals surface area contributed by atoms with E-state index in [4.69, 9.17) is 32.7 Å².